The van der Waals surface area contributed by atoms with Gasteiger partial charge in [-0.3, -0.25) is 4.98 Å². The summed E-state index contributed by atoms with van der Waals surface area (Å²) in [5.41, 5.74) is 7.65. The first kappa shape index (κ1) is 12.4. The largest absolute Gasteiger partial charge is 0.496 e. The third-order valence-electron chi connectivity index (χ3n) is 2.61. The van der Waals surface area contributed by atoms with Crippen molar-refractivity contribution in [1.29, 1.82) is 0 Å². The van der Waals surface area contributed by atoms with E-state index < -0.39 is 0 Å². The predicted octanol–water partition coefficient (Wildman–Crippen LogP) is 2.13. The van der Waals surface area contributed by atoms with Gasteiger partial charge in [0.2, 0.25) is 0 Å². The Kier molecular flexibility index (Phi) is 4.15. The van der Waals surface area contributed by atoms with Crippen molar-refractivity contribution in [3.8, 4) is 11.5 Å². The van der Waals surface area contributed by atoms with Gasteiger partial charge in [0.1, 0.15) is 18.1 Å². The number of pyridine rings is 1. The average molecular weight is 244 g/mol. The molecule has 0 aliphatic rings. The van der Waals surface area contributed by atoms with Gasteiger partial charge in [-0.1, -0.05) is 12.1 Å². The summed E-state index contributed by atoms with van der Waals surface area (Å²) in [7, 11) is 1.64. The van der Waals surface area contributed by atoms with Gasteiger partial charge in [0.05, 0.1) is 13.3 Å². The summed E-state index contributed by atoms with van der Waals surface area (Å²) in [5.74, 6) is 1.55. The number of aromatic nitrogens is 1. The van der Waals surface area contributed by atoms with E-state index in [0.29, 0.717) is 13.2 Å². The van der Waals surface area contributed by atoms with Crippen LogP contribution < -0.4 is 15.2 Å². The highest BCUT2D eigenvalue weighted by molar-refractivity contribution is 5.37. The van der Waals surface area contributed by atoms with Gasteiger partial charge < -0.3 is 15.2 Å². The SMILES string of the molecule is COc1cc(COc2cccnc2)ccc1CN. The van der Waals surface area contributed by atoms with Crippen LogP contribution in [0.2, 0.25) is 0 Å². The Hall–Kier alpha value is -2.07. The lowest BCUT2D eigenvalue weighted by molar-refractivity contribution is 0.304. The zero-order valence-corrected chi connectivity index (χ0v) is 10.3. The van der Waals surface area contributed by atoms with E-state index in [2.05, 4.69) is 4.98 Å². The van der Waals surface area contributed by atoms with Crippen molar-refractivity contribution in [2.75, 3.05) is 7.11 Å². The van der Waals surface area contributed by atoms with Gasteiger partial charge in [-0.05, 0) is 23.8 Å². The van der Waals surface area contributed by atoms with Crippen molar-refractivity contribution in [1.82, 2.24) is 4.98 Å². The molecule has 1 aromatic heterocycles. The molecule has 0 fully saturated rings. The third-order valence-corrected chi connectivity index (χ3v) is 2.61. The van der Waals surface area contributed by atoms with Crippen LogP contribution in [0.25, 0.3) is 0 Å². The number of hydrogen-bond acceptors (Lipinski definition) is 4. The second-order valence-electron chi connectivity index (χ2n) is 3.83. The van der Waals surface area contributed by atoms with Crippen LogP contribution in [0.1, 0.15) is 11.1 Å². The van der Waals surface area contributed by atoms with Crippen LogP contribution in [0.4, 0.5) is 0 Å². The molecule has 2 rings (SSSR count). The van der Waals surface area contributed by atoms with E-state index >= 15 is 0 Å². The molecule has 2 aromatic rings. The fraction of sp³-hybridized carbons (Fsp3) is 0.214. The summed E-state index contributed by atoms with van der Waals surface area (Å²) < 4.78 is 10.9. The Morgan fingerprint density at radius 1 is 1.28 bits per heavy atom. The normalized spacial score (nSPS) is 10.1. The lowest BCUT2D eigenvalue weighted by atomic mass is 10.1. The van der Waals surface area contributed by atoms with E-state index in [-0.39, 0.29) is 0 Å². The van der Waals surface area contributed by atoms with Crippen molar-refractivity contribution in [3.05, 3.63) is 53.9 Å². The molecule has 0 atom stereocenters. The minimum absolute atomic E-state index is 0.465. The number of nitrogens with two attached hydrogens (primary N) is 1. The zero-order valence-electron chi connectivity index (χ0n) is 10.3. The first-order chi connectivity index (χ1) is 8.83. The molecule has 1 heterocycles. The highest BCUT2D eigenvalue weighted by Crippen LogP contribution is 2.20. The summed E-state index contributed by atoms with van der Waals surface area (Å²) in [5, 5.41) is 0. The van der Waals surface area contributed by atoms with Crippen molar-refractivity contribution < 1.29 is 9.47 Å². The molecule has 0 saturated carbocycles. The van der Waals surface area contributed by atoms with Crippen LogP contribution in [-0.4, -0.2) is 12.1 Å². The summed E-state index contributed by atoms with van der Waals surface area (Å²) >= 11 is 0. The van der Waals surface area contributed by atoms with Crippen LogP contribution in [0.5, 0.6) is 11.5 Å². The maximum absolute atomic E-state index is 5.62. The van der Waals surface area contributed by atoms with Gasteiger partial charge in [-0.2, -0.15) is 0 Å². The number of rotatable bonds is 5. The number of nitrogens with zero attached hydrogens (tertiary/aromatic N) is 1. The minimum atomic E-state index is 0.465. The zero-order chi connectivity index (χ0) is 12.8. The number of hydrogen-bond donors (Lipinski definition) is 1. The molecule has 0 spiro atoms. The molecule has 0 amide bonds. The fourth-order valence-corrected chi connectivity index (χ4v) is 1.65. The van der Waals surface area contributed by atoms with Crippen LogP contribution in [0.3, 0.4) is 0 Å². The van der Waals surface area contributed by atoms with Gasteiger partial charge in [-0.25, -0.2) is 0 Å². The Morgan fingerprint density at radius 2 is 2.17 bits per heavy atom. The Balaban J connectivity index is 2.06. The van der Waals surface area contributed by atoms with Crippen molar-refractivity contribution in [2.45, 2.75) is 13.2 Å². The number of benzene rings is 1. The molecular weight excluding hydrogens is 228 g/mol. The standard InChI is InChI=1S/C14H16N2O2/c1-17-14-7-11(4-5-12(14)8-15)10-18-13-3-2-6-16-9-13/h2-7,9H,8,10,15H2,1H3. The molecular formula is C14H16N2O2. The highest BCUT2D eigenvalue weighted by Gasteiger charge is 2.03. The molecule has 1 aromatic carbocycles. The van der Waals surface area contributed by atoms with E-state index in [1.807, 2.05) is 30.3 Å². The van der Waals surface area contributed by atoms with Crippen molar-refractivity contribution >= 4 is 0 Å². The van der Waals surface area contributed by atoms with Gasteiger partial charge >= 0.3 is 0 Å². The minimum Gasteiger partial charge on any atom is -0.496 e. The second-order valence-corrected chi connectivity index (χ2v) is 3.83. The third kappa shape index (κ3) is 2.99. The second kappa shape index (κ2) is 6.02. The molecule has 0 aliphatic carbocycles. The molecule has 18 heavy (non-hydrogen) atoms. The van der Waals surface area contributed by atoms with Gasteiger partial charge in [0, 0.05) is 18.3 Å². The number of ether oxygens (including phenoxy) is 2. The first-order valence-electron chi connectivity index (χ1n) is 5.72. The van der Waals surface area contributed by atoms with E-state index in [0.717, 1.165) is 22.6 Å². The number of methoxy groups -OCH3 is 1. The van der Waals surface area contributed by atoms with Crippen LogP contribution >= 0.6 is 0 Å². The summed E-state index contributed by atoms with van der Waals surface area (Å²) in [6.07, 6.45) is 3.40. The van der Waals surface area contributed by atoms with Gasteiger partial charge in [0.25, 0.3) is 0 Å². The fourth-order valence-electron chi connectivity index (χ4n) is 1.65. The molecule has 2 N–H and O–H groups in total. The van der Waals surface area contributed by atoms with Gasteiger partial charge in [-0.15, -0.1) is 0 Å². The lowest BCUT2D eigenvalue weighted by Gasteiger charge is -2.10. The van der Waals surface area contributed by atoms with Crippen LogP contribution in [0, 0.1) is 0 Å². The molecule has 0 aliphatic heterocycles. The summed E-state index contributed by atoms with van der Waals surface area (Å²) in [6.45, 7) is 0.944. The quantitative estimate of drug-likeness (QED) is 0.875. The molecule has 4 heteroatoms. The Morgan fingerprint density at radius 3 is 2.83 bits per heavy atom. The Bertz CT molecular complexity index is 500. The summed E-state index contributed by atoms with van der Waals surface area (Å²) in [6, 6.07) is 9.60. The molecule has 0 unspecified atom stereocenters. The molecule has 4 nitrogen and oxygen atoms in total. The van der Waals surface area contributed by atoms with E-state index in [9.17, 15) is 0 Å². The average Bonchev–Trinajstić information content (AvgIpc) is 2.45. The van der Waals surface area contributed by atoms with Crippen molar-refractivity contribution in [3.63, 3.8) is 0 Å². The monoisotopic (exact) mass is 244 g/mol. The Labute approximate surface area is 106 Å². The molecule has 0 saturated heterocycles. The van der Waals surface area contributed by atoms with E-state index in [4.69, 9.17) is 15.2 Å². The van der Waals surface area contributed by atoms with Gasteiger partial charge in [0.15, 0.2) is 0 Å². The lowest BCUT2D eigenvalue weighted by Crippen LogP contribution is -2.02. The first-order valence-corrected chi connectivity index (χ1v) is 5.72. The van der Waals surface area contributed by atoms with Crippen molar-refractivity contribution in [2.24, 2.45) is 5.73 Å². The maximum Gasteiger partial charge on any atom is 0.138 e. The molecule has 94 valence electrons. The van der Waals surface area contributed by atoms with Crippen LogP contribution in [0.15, 0.2) is 42.7 Å². The molecule has 0 bridgehead atoms. The maximum atomic E-state index is 5.62. The van der Waals surface area contributed by atoms with Crippen LogP contribution in [-0.2, 0) is 13.2 Å². The topological polar surface area (TPSA) is 57.4 Å². The molecule has 0 radical (unpaired) electrons. The summed E-state index contributed by atoms with van der Waals surface area (Å²) in [4.78, 5) is 3.99. The highest BCUT2D eigenvalue weighted by atomic mass is 16.5. The van der Waals surface area contributed by atoms with E-state index in [1.165, 1.54) is 0 Å². The predicted molar refractivity (Wildman–Crippen MR) is 69.5 cm³/mol. The van der Waals surface area contributed by atoms with E-state index in [1.54, 1.807) is 19.5 Å². The smallest absolute Gasteiger partial charge is 0.138 e.